The summed E-state index contributed by atoms with van der Waals surface area (Å²) in [6.45, 7) is 0. The van der Waals surface area contributed by atoms with Gasteiger partial charge in [-0.25, -0.2) is 0 Å². The van der Waals surface area contributed by atoms with E-state index in [0.29, 0.717) is 15.3 Å². The average Bonchev–Trinajstić information content (AvgIpc) is 2.70. The molecule has 84 valence electrons. The van der Waals surface area contributed by atoms with Gasteiger partial charge in [-0.05, 0) is 0 Å². The van der Waals surface area contributed by atoms with E-state index >= 15 is 0 Å². The molecule has 0 atom stereocenters. The molecule has 2 heterocycles. The minimum atomic E-state index is -0.346. The van der Waals surface area contributed by atoms with Crippen molar-refractivity contribution in [1.82, 2.24) is 8.55 Å². The Bertz CT molecular complexity index is 733. The number of hydrogen-bond donors (Lipinski definition) is 0. The van der Waals surface area contributed by atoms with E-state index in [2.05, 4.69) is 4.98 Å². The van der Waals surface area contributed by atoms with Crippen LogP contribution in [-0.4, -0.2) is 23.3 Å². The molecular weight excluding hydrogens is 286 g/mol. The molecule has 0 aliphatic heterocycles. The third-order valence-electron chi connectivity index (χ3n) is 2.44. The van der Waals surface area contributed by atoms with Gasteiger partial charge >= 0.3 is 102 Å². The van der Waals surface area contributed by atoms with Crippen LogP contribution in [-0.2, 0) is 0 Å². The van der Waals surface area contributed by atoms with Gasteiger partial charge in [-0.3, -0.25) is 0 Å². The van der Waals surface area contributed by atoms with Crippen LogP contribution in [0.4, 0.5) is 4.39 Å². The molecule has 0 bridgehead atoms. The van der Waals surface area contributed by atoms with Gasteiger partial charge in [-0.15, -0.1) is 0 Å². The predicted octanol–water partition coefficient (Wildman–Crippen LogP) is 1.58. The molecule has 3 nitrogen and oxygen atoms in total. The number of pyridine rings is 1. The normalized spacial score (nSPS) is 10.9. The Labute approximate surface area is 102 Å². The van der Waals surface area contributed by atoms with E-state index in [1.807, 2.05) is 0 Å². The number of nitrogens with zero attached hydrogens (tertiary/aromatic N) is 2. The molecular formula is C12H7FN2OSe. The Kier molecular flexibility index (Phi) is 2.42. The van der Waals surface area contributed by atoms with Crippen LogP contribution in [0, 0.1) is 5.82 Å². The van der Waals surface area contributed by atoms with E-state index < -0.39 is 0 Å². The van der Waals surface area contributed by atoms with Crippen LogP contribution >= 0.6 is 0 Å². The minimum absolute atomic E-state index is 0.146. The third kappa shape index (κ3) is 1.64. The van der Waals surface area contributed by atoms with Crippen LogP contribution in [0.2, 0.25) is 0 Å². The molecule has 0 aliphatic rings. The van der Waals surface area contributed by atoms with Crippen molar-refractivity contribution in [2.24, 2.45) is 0 Å². The number of aromatic nitrogens is 2. The standard InChI is InChI=1S/C12H7FN2OSe/c13-10-5-1-4-9-11(10)17-15(12(9)16)8-3-2-6-14-7-8/h1-7H. The monoisotopic (exact) mass is 294 g/mol. The van der Waals surface area contributed by atoms with Crippen molar-refractivity contribution in [2.75, 3.05) is 0 Å². The fourth-order valence-corrected chi connectivity index (χ4v) is 3.73. The van der Waals surface area contributed by atoms with Crippen LogP contribution in [0.15, 0.2) is 47.5 Å². The summed E-state index contributed by atoms with van der Waals surface area (Å²) in [6, 6.07) is 8.18. The summed E-state index contributed by atoms with van der Waals surface area (Å²) in [5.74, 6) is -0.303. The molecule has 3 aromatic rings. The van der Waals surface area contributed by atoms with Crippen LogP contribution < -0.4 is 5.56 Å². The van der Waals surface area contributed by atoms with Crippen LogP contribution in [0.25, 0.3) is 15.3 Å². The molecule has 17 heavy (non-hydrogen) atoms. The Morgan fingerprint density at radius 3 is 2.82 bits per heavy atom. The maximum absolute atomic E-state index is 13.6. The molecule has 0 unspecified atom stereocenters. The Hall–Kier alpha value is -1.71. The molecule has 0 N–H and O–H groups in total. The summed E-state index contributed by atoms with van der Waals surface area (Å²) in [7, 11) is 0. The first kappa shape index (κ1) is 10.4. The quantitative estimate of drug-likeness (QED) is 0.639. The zero-order valence-electron chi connectivity index (χ0n) is 8.63. The van der Waals surface area contributed by atoms with Gasteiger partial charge in [-0.1, -0.05) is 0 Å². The first-order valence-electron chi connectivity index (χ1n) is 4.98. The fraction of sp³-hybridized carbons (Fsp3) is 0. The van der Waals surface area contributed by atoms with E-state index in [0.717, 1.165) is 0 Å². The summed E-state index contributed by atoms with van der Waals surface area (Å²) in [4.78, 5) is 16.1. The van der Waals surface area contributed by atoms with Gasteiger partial charge in [0.1, 0.15) is 0 Å². The number of rotatable bonds is 1. The zero-order valence-corrected chi connectivity index (χ0v) is 10.3. The average molecular weight is 293 g/mol. The summed E-state index contributed by atoms with van der Waals surface area (Å²) in [5, 5.41) is 0.467. The summed E-state index contributed by atoms with van der Waals surface area (Å²) in [6.07, 6.45) is 3.26. The van der Waals surface area contributed by atoms with Crippen LogP contribution in [0.5, 0.6) is 0 Å². The molecule has 5 heteroatoms. The molecule has 0 aliphatic carbocycles. The van der Waals surface area contributed by atoms with Crippen molar-refractivity contribution in [3.63, 3.8) is 0 Å². The zero-order chi connectivity index (χ0) is 11.8. The van der Waals surface area contributed by atoms with E-state index in [-0.39, 0.29) is 26.1 Å². The summed E-state index contributed by atoms with van der Waals surface area (Å²) >= 11 is -0.346. The van der Waals surface area contributed by atoms with Gasteiger partial charge < -0.3 is 0 Å². The summed E-state index contributed by atoms with van der Waals surface area (Å²) in [5.41, 5.74) is 0.570. The SMILES string of the molecule is O=c1c2cccc(F)c2[se]n1-c1cccnc1. The van der Waals surface area contributed by atoms with E-state index in [4.69, 9.17) is 0 Å². The van der Waals surface area contributed by atoms with Gasteiger partial charge in [0.25, 0.3) is 0 Å². The Morgan fingerprint density at radius 1 is 1.24 bits per heavy atom. The van der Waals surface area contributed by atoms with Crippen molar-refractivity contribution in [2.45, 2.75) is 0 Å². The van der Waals surface area contributed by atoms with Crippen molar-refractivity contribution in [1.29, 1.82) is 0 Å². The Balaban J connectivity index is 2.37. The van der Waals surface area contributed by atoms with Crippen LogP contribution in [0.1, 0.15) is 0 Å². The molecule has 0 saturated heterocycles. The van der Waals surface area contributed by atoms with E-state index in [1.165, 1.54) is 6.07 Å². The van der Waals surface area contributed by atoms with Crippen molar-refractivity contribution in [3.05, 3.63) is 58.9 Å². The second kappa shape index (κ2) is 3.95. The predicted molar refractivity (Wildman–Crippen MR) is 64.2 cm³/mol. The second-order valence-electron chi connectivity index (χ2n) is 3.52. The van der Waals surface area contributed by atoms with E-state index in [9.17, 15) is 9.18 Å². The van der Waals surface area contributed by atoms with Gasteiger partial charge in [0.15, 0.2) is 0 Å². The molecule has 1 aromatic carbocycles. The molecule has 0 saturated carbocycles. The second-order valence-corrected chi connectivity index (χ2v) is 5.52. The third-order valence-corrected chi connectivity index (χ3v) is 4.87. The van der Waals surface area contributed by atoms with Crippen molar-refractivity contribution in [3.8, 4) is 5.69 Å². The van der Waals surface area contributed by atoms with E-state index in [1.54, 1.807) is 40.2 Å². The Morgan fingerprint density at radius 2 is 2.12 bits per heavy atom. The molecule has 0 radical (unpaired) electrons. The molecule has 0 fully saturated rings. The number of halogens is 1. The number of hydrogen-bond acceptors (Lipinski definition) is 2. The molecule has 2 aromatic heterocycles. The van der Waals surface area contributed by atoms with Crippen LogP contribution in [0.3, 0.4) is 0 Å². The molecule has 3 rings (SSSR count). The van der Waals surface area contributed by atoms with Gasteiger partial charge in [0, 0.05) is 0 Å². The van der Waals surface area contributed by atoms with Crippen molar-refractivity contribution < 1.29 is 4.39 Å². The van der Waals surface area contributed by atoms with Gasteiger partial charge in [0.2, 0.25) is 0 Å². The topological polar surface area (TPSA) is 34.9 Å². The number of fused-ring (bicyclic) bond motifs is 1. The van der Waals surface area contributed by atoms with Gasteiger partial charge in [0.05, 0.1) is 0 Å². The maximum atomic E-state index is 13.6. The number of benzene rings is 1. The molecule has 0 amide bonds. The van der Waals surface area contributed by atoms with Crippen molar-refractivity contribution >= 4 is 24.4 Å². The fourth-order valence-electron chi connectivity index (χ4n) is 1.66. The first-order chi connectivity index (χ1) is 8.27. The molecule has 0 spiro atoms. The van der Waals surface area contributed by atoms with Gasteiger partial charge in [-0.2, -0.15) is 0 Å². The first-order valence-corrected chi connectivity index (χ1v) is 6.60. The summed E-state index contributed by atoms with van der Waals surface area (Å²) < 4.78 is 15.7.